The van der Waals surface area contributed by atoms with Crippen molar-refractivity contribution in [1.82, 2.24) is 0 Å². The first kappa shape index (κ1) is 16.2. The van der Waals surface area contributed by atoms with Crippen LogP contribution in [0.2, 0.25) is 0 Å². The zero-order chi connectivity index (χ0) is 16.7. The second-order valence-corrected chi connectivity index (χ2v) is 4.63. The van der Waals surface area contributed by atoms with Crippen LogP contribution in [-0.2, 0) is 4.79 Å². The van der Waals surface area contributed by atoms with Gasteiger partial charge >= 0.3 is 0 Å². The van der Waals surface area contributed by atoms with Gasteiger partial charge in [-0.25, -0.2) is 0 Å². The fourth-order valence-corrected chi connectivity index (χ4v) is 1.86. The van der Waals surface area contributed by atoms with E-state index in [1.54, 1.807) is 42.5 Å². The lowest BCUT2D eigenvalue weighted by Gasteiger charge is -2.05. The molecule has 0 aliphatic carbocycles. The zero-order valence-electron chi connectivity index (χ0n) is 12.6. The molecule has 2 aromatic carbocycles. The van der Waals surface area contributed by atoms with E-state index >= 15 is 0 Å². The number of carbonyl (C=O) groups is 1. The van der Waals surface area contributed by atoms with Crippen LogP contribution in [0.3, 0.4) is 0 Å². The van der Waals surface area contributed by atoms with Gasteiger partial charge in [0.25, 0.3) is 5.69 Å². The van der Waals surface area contributed by atoms with Crippen LogP contribution in [0.5, 0.6) is 5.75 Å². The lowest BCUT2D eigenvalue weighted by atomic mass is 10.2. The van der Waals surface area contributed by atoms with E-state index in [0.29, 0.717) is 17.9 Å². The highest BCUT2D eigenvalue weighted by Crippen LogP contribution is 2.16. The van der Waals surface area contributed by atoms with Crippen molar-refractivity contribution in [3.05, 3.63) is 70.3 Å². The molecule has 0 saturated carbocycles. The van der Waals surface area contributed by atoms with E-state index in [-0.39, 0.29) is 11.6 Å². The minimum atomic E-state index is -0.466. The number of ether oxygens (including phenoxy) is 1. The molecular formula is C17H16N2O4. The Morgan fingerprint density at radius 1 is 1.17 bits per heavy atom. The highest BCUT2D eigenvalue weighted by Gasteiger charge is 2.03. The summed E-state index contributed by atoms with van der Waals surface area (Å²) in [7, 11) is 0. The van der Waals surface area contributed by atoms with Crippen molar-refractivity contribution in [2.45, 2.75) is 6.92 Å². The first-order chi connectivity index (χ1) is 11.1. The third-order valence-corrected chi connectivity index (χ3v) is 2.96. The molecule has 0 unspecified atom stereocenters. The van der Waals surface area contributed by atoms with Gasteiger partial charge in [-0.3, -0.25) is 14.9 Å². The quantitative estimate of drug-likeness (QED) is 0.501. The molecule has 23 heavy (non-hydrogen) atoms. The lowest BCUT2D eigenvalue weighted by Crippen LogP contribution is -2.07. The van der Waals surface area contributed by atoms with Crippen LogP contribution in [0.1, 0.15) is 12.5 Å². The predicted molar refractivity (Wildman–Crippen MR) is 88.4 cm³/mol. The number of benzene rings is 2. The molecule has 0 aromatic heterocycles. The lowest BCUT2D eigenvalue weighted by molar-refractivity contribution is -0.384. The number of non-ortho nitro benzene ring substituents is 1. The van der Waals surface area contributed by atoms with Gasteiger partial charge in [-0.05, 0) is 55.0 Å². The largest absolute Gasteiger partial charge is 0.494 e. The zero-order valence-corrected chi connectivity index (χ0v) is 12.6. The summed E-state index contributed by atoms with van der Waals surface area (Å²) in [4.78, 5) is 21.9. The topological polar surface area (TPSA) is 81.5 Å². The van der Waals surface area contributed by atoms with Crippen LogP contribution in [0, 0.1) is 10.1 Å². The number of rotatable bonds is 6. The summed E-state index contributed by atoms with van der Waals surface area (Å²) in [5.41, 5.74) is 1.38. The Morgan fingerprint density at radius 3 is 2.39 bits per heavy atom. The van der Waals surface area contributed by atoms with Crippen molar-refractivity contribution in [2.24, 2.45) is 0 Å². The molecule has 0 aliphatic heterocycles. The maximum absolute atomic E-state index is 11.8. The minimum absolute atomic E-state index is 0.0148. The summed E-state index contributed by atoms with van der Waals surface area (Å²) in [6.45, 7) is 2.49. The molecule has 118 valence electrons. The van der Waals surface area contributed by atoms with Gasteiger partial charge in [-0.2, -0.15) is 0 Å². The molecule has 2 aromatic rings. The van der Waals surface area contributed by atoms with Crippen LogP contribution in [0.25, 0.3) is 6.08 Å². The molecule has 1 N–H and O–H groups in total. The van der Waals surface area contributed by atoms with Crippen molar-refractivity contribution in [2.75, 3.05) is 11.9 Å². The van der Waals surface area contributed by atoms with Crippen molar-refractivity contribution in [1.29, 1.82) is 0 Å². The van der Waals surface area contributed by atoms with Gasteiger partial charge in [-0.1, -0.05) is 0 Å². The van der Waals surface area contributed by atoms with Gasteiger partial charge in [0.05, 0.1) is 11.5 Å². The molecule has 0 fully saturated rings. The number of nitrogens with one attached hydrogen (secondary N) is 1. The fraction of sp³-hybridized carbons (Fsp3) is 0.118. The molecule has 0 aliphatic rings. The van der Waals surface area contributed by atoms with Gasteiger partial charge < -0.3 is 10.1 Å². The summed E-state index contributed by atoms with van der Waals surface area (Å²) in [5.74, 6) is 0.458. The standard InChI is InChI=1S/C17H16N2O4/c1-2-23-16-10-6-14(7-11-16)18-17(20)12-5-13-3-8-15(9-4-13)19(21)22/h3-12H,2H2,1H3,(H,18,20)/b12-5+. The smallest absolute Gasteiger partial charge is 0.269 e. The van der Waals surface area contributed by atoms with Gasteiger partial charge in [0.1, 0.15) is 5.75 Å². The third kappa shape index (κ3) is 4.96. The molecular weight excluding hydrogens is 296 g/mol. The van der Waals surface area contributed by atoms with Crippen molar-refractivity contribution >= 4 is 23.4 Å². The Hall–Kier alpha value is -3.15. The van der Waals surface area contributed by atoms with Crippen LogP contribution >= 0.6 is 0 Å². The number of nitro benzene ring substituents is 1. The average Bonchev–Trinajstić information content (AvgIpc) is 2.55. The predicted octanol–water partition coefficient (Wildman–Crippen LogP) is 3.65. The summed E-state index contributed by atoms with van der Waals surface area (Å²) in [5, 5.41) is 13.3. The van der Waals surface area contributed by atoms with Crippen molar-refractivity contribution < 1.29 is 14.5 Å². The molecule has 0 saturated heterocycles. The maximum Gasteiger partial charge on any atom is 0.269 e. The Labute approximate surface area is 133 Å². The average molecular weight is 312 g/mol. The number of hydrogen-bond donors (Lipinski definition) is 1. The Bertz CT molecular complexity index is 706. The SMILES string of the molecule is CCOc1ccc(NC(=O)/C=C/c2ccc([N+](=O)[O-])cc2)cc1. The molecule has 0 bridgehead atoms. The molecule has 0 radical (unpaired) electrons. The highest BCUT2D eigenvalue weighted by atomic mass is 16.6. The number of anilines is 1. The number of carbonyl (C=O) groups excluding carboxylic acids is 1. The maximum atomic E-state index is 11.8. The number of nitro groups is 1. The second-order valence-electron chi connectivity index (χ2n) is 4.63. The summed E-state index contributed by atoms with van der Waals surface area (Å²) >= 11 is 0. The van der Waals surface area contributed by atoms with Gasteiger partial charge in [0.2, 0.25) is 5.91 Å². The first-order valence-electron chi connectivity index (χ1n) is 7.05. The first-order valence-corrected chi connectivity index (χ1v) is 7.05. The molecule has 6 heteroatoms. The highest BCUT2D eigenvalue weighted by molar-refractivity contribution is 6.01. The Kier molecular flexibility index (Phi) is 5.46. The molecule has 0 atom stereocenters. The molecule has 2 rings (SSSR count). The van der Waals surface area contributed by atoms with E-state index in [0.717, 1.165) is 5.75 Å². The van der Waals surface area contributed by atoms with Crippen LogP contribution in [0.15, 0.2) is 54.6 Å². The van der Waals surface area contributed by atoms with Gasteiger partial charge in [0, 0.05) is 23.9 Å². The normalized spacial score (nSPS) is 10.5. The Balaban J connectivity index is 1.94. The van der Waals surface area contributed by atoms with Gasteiger partial charge in [0.15, 0.2) is 0 Å². The Morgan fingerprint density at radius 2 is 1.83 bits per heavy atom. The number of hydrogen-bond acceptors (Lipinski definition) is 4. The molecule has 0 spiro atoms. The van der Waals surface area contributed by atoms with Crippen molar-refractivity contribution in [3.8, 4) is 5.75 Å². The van der Waals surface area contributed by atoms with E-state index in [1.807, 2.05) is 6.92 Å². The van der Waals surface area contributed by atoms with E-state index in [1.165, 1.54) is 18.2 Å². The van der Waals surface area contributed by atoms with Crippen LogP contribution in [-0.4, -0.2) is 17.4 Å². The monoisotopic (exact) mass is 312 g/mol. The van der Waals surface area contributed by atoms with E-state index in [9.17, 15) is 14.9 Å². The minimum Gasteiger partial charge on any atom is -0.494 e. The fourth-order valence-electron chi connectivity index (χ4n) is 1.86. The molecule has 6 nitrogen and oxygen atoms in total. The number of nitrogens with zero attached hydrogens (tertiary/aromatic N) is 1. The van der Waals surface area contributed by atoms with Crippen LogP contribution in [0.4, 0.5) is 11.4 Å². The molecule has 1 amide bonds. The molecule has 0 heterocycles. The third-order valence-electron chi connectivity index (χ3n) is 2.96. The van der Waals surface area contributed by atoms with Crippen LogP contribution < -0.4 is 10.1 Å². The summed E-state index contributed by atoms with van der Waals surface area (Å²) in [6.07, 6.45) is 2.96. The van der Waals surface area contributed by atoms with E-state index < -0.39 is 4.92 Å². The van der Waals surface area contributed by atoms with Gasteiger partial charge in [-0.15, -0.1) is 0 Å². The number of amides is 1. The second kappa shape index (κ2) is 7.74. The van der Waals surface area contributed by atoms with E-state index in [2.05, 4.69) is 5.32 Å². The van der Waals surface area contributed by atoms with Crippen molar-refractivity contribution in [3.63, 3.8) is 0 Å². The van der Waals surface area contributed by atoms with E-state index in [4.69, 9.17) is 4.74 Å². The summed E-state index contributed by atoms with van der Waals surface area (Å²) < 4.78 is 5.32. The summed E-state index contributed by atoms with van der Waals surface area (Å²) in [6, 6.07) is 13.0.